The van der Waals surface area contributed by atoms with E-state index in [1.165, 1.54) is 0 Å². The number of aryl methyl sites for hydroxylation is 1. The van der Waals surface area contributed by atoms with Gasteiger partial charge in [-0.15, -0.1) is 0 Å². The number of nitrogens with zero attached hydrogens (tertiary/aromatic N) is 3. The van der Waals surface area contributed by atoms with E-state index in [4.69, 9.17) is 5.11 Å². The highest BCUT2D eigenvalue weighted by molar-refractivity contribution is 5.60. The van der Waals surface area contributed by atoms with Gasteiger partial charge < -0.3 is 15.7 Å². The Bertz CT molecular complexity index is 424. The maximum absolute atomic E-state index is 10.9. The van der Waals surface area contributed by atoms with Gasteiger partial charge in [0.25, 0.3) is 0 Å². The van der Waals surface area contributed by atoms with Crippen LogP contribution in [0, 0.1) is 17.0 Å². The Morgan fingerprint density at radius 2 is 2.06 bits per heavy atom. The summed E-state index contributed by atoms with van der Waals surface area (Å²) in [6.45, 7) is 4.32. The summed E-state index contributed by atoms with van der Waals surface area (Å²) < 4.78 is 0. The lowest BCUT2D eigenvalue weighted by atomic mass is 10.3. The molecular weight excluding hydrogens is 238 g/mol. The summed E-state index contributed by atoms with van der Waals surface area (Å²) in [6, 6.07) is 0. The van der Waals surface area contributed by atoms with Crippen LogP contribution in [-0.2, 0) is 0 Å². The number of anilines is 2. The first-order valence-corrected chi connectivity index (χ1v) is 5.71. The number of hydrogen-bond donors (Lipinski definition) is 3. The average Bonchev–Trinajstić information content (AvgIpc) is 2.32. The van der Waals surface area contributed by atoms with Gasteiger partial charge in [0.05, 0.1) is 11.5 Å². The van der Waals surface area contributed by atoms with Gasteiger partial charge in [0.1, 0.15) is 5.69 Å². The van der Waals surface area contributed by atoms with Crippen molar-refractivity contribution in [1.29, 1.82) is 0 Å². The first-order chi connectivity index (χ1) is 8.60. The van der Waals surface area contributed by atoms with Gasteiger partial charge in [0.15, 0.2) is 0 Å². The Hall–Kier alpha value is -1.96. The quantitative estimate of drug-likeness (QED) is 0.490. The van der Waals surface area contributed by atoms with Crippen LogP contribution in [0.2, 0.25) is 0 Å². The standard InChI is InChI=1S/C10H17N5O3/c1-3-4-12-10-13-7(2)8(15(17)18)9(14-10)11-5-6-16/h16H,3-6H2,1-2H3,(H2,11,12,13,14). The molecule has 0 fully saturated rings. The monoisotopic (exact) mass is 255 g/mol. The van der Waals surface area contributed by atoms with Crippen molar-refractivity contribution in [1.82, 2.24) is 9.97 Å². The lowest BCUT2D eigenvalue weighted by Crippen LogP contribution is -2.13. The molecule has 0 aliphatic carbocycles. The highest BCUT2D eigenvalue weighted by Gasteiger charge is 2.21. The van der Waals surface area contributed by atoms with Crippen LogP contribution < -0.4 is 10.6 Å². The predicted molar refractivity (Wildman–Crippen MR) is 67.8 cm³/mol. The molecule has 1 aromatic rings. The summed E-state index contributed by atoms with van der Waals surface area (Å²) in [4.78, 5) is 18.5. The third-order valence-corrected chi connectivity index (χ3v) is 2.18. The average molecular weight is 255 g/mol. The topological polar surface area (TPSA) is 113 Å². The largest absolute Gasteiger partial charge is 0.395 e. The second kappa shape index (κ2) is 6.70. The second-order valence-electron chi connectivity index (χ2n) is 3.66. The molecule has 0 saturated carbocycles. The van der Waals surface area contributed by atoms with Crippen molar-refractivity contribution < 1.29 is 10.0 Å². The first kappa shape index (κ1) is 14.1. The summed E-state index contributed by atoms with van der Waals surface area (Å²) >= 11 is 0. The summed E-state index contributed by atoms with van der Waals surface area (Å²) in [5.41, 5.74) is 0.125. The molecule has 0 bridgehead atoms. The molecule has 8 heteroatoms. The molecule has 0 saturated heterocycles. The lowest BCUT2D eigenvalue weighted by Gasteiger charge is -2.09. The van der Waals surface area contributed by atoms with Crippen molar-refractivity contribution in [2.24, 2.45) is 0 Å². The van der Waals surface area contributed by atoms with Crippen molar-refractivity contribution in [3.05, 3.63) is 15.8 Å². The molecule has 3 N–H and O–H groups in total. The van der Waals surface area contributed by atoms with Crippen molar-refractivity contribution in [2.75, 3.05) is 30.3 Å². The molecule has 0 aliphatic rings. The van der Waals surface area contributed by atoms with Crippen molar-refractivity contribution in [2.45, 2.75) is 20.3 Å². The predicted octanol–water partition coefficient (Wildman–Crippen LogP) is 0.919. The fraction of sp³-hybridized carbons (Fsp3) is 0.600. The molecule has 18 heavy (non-hydrogen) atoms. The van der Waals surface area contributed by atoms with Crippen LogP contribution in [0.5, 0.6) is 0 Å². The van der Waals surface area contributed by atoms with E-state index in [0.717, 1.165) is 6.42 Å². The normalized spacial score (nSPS) is 10.2. The molecule has 0 atom stereocenters. The minimum atomic E-state index is -0.529. The van der Waals surface area contributed by atoms with Crippen molar-refractivity contribution in [3.63, 3.8) is 0 Å². The third kappa shape index (κ3) is 3.52. The van der Waals surface area contributed by atoms with Gasteiger partial charge >= 0.3 is 5.69 Å². The molecule has 1 heterocycles. The van der Waals surface area contributed by atoms with Crippen LogP contribution in [0.15, 0.2) is 0 Å². The molecule has 8 nitrogen and oxygen atoms in total. The first-order valence-electron chi connectivity index (χ1n) is 5.71. The van der Waals surface area contributed by atoms with Gasteiger partial charge in [-0.1, -0.05) is 6.92 Å². The summed E-state index contributed by atoms with van der Waals surface area (Å²) in [5, 5.41) is 25.4. The van der Waals surface area contributed by atoms with E-state index in [9.17, 15) is 10.1 Å². The number of nitro groups is 1. The molecular formula is C10H17N5O3. The van der Waals surface area contributed by atoms with E-state index in [0.29, 0.717) is 12.5 Å². The van der Waals surface area contributed by atoms with E-state index in [1.807, 2.05) is 6.92 Å². The zero-order valence-corrected chi connectivity index (χ0v) is 10.4. The van der Waals surface area contributed by atoms with Crippen LogP contribution in [0.1, 0.15) is 19.0 Å². The minimum absolute atomic E-state index is 0.125. The maximum Gasteiger partial charge on any atom is 0.332 e. The number of aliphatic hydroxyl groups excluding tert-OH is 1. The molecule has 0 aliphatic heterocycles. The Morgan fingerprint density at radius 3 is 2.61 bits per heavy atom. The summed E-state index contributed by atoms with van der Waals surface area (Å²) in [7, 11) is 0. The van der Waals surface area contributed by atoms with Crippen LogP contribution in [0.4, 0.5) is 17.5 Å². The van der Waals surface area contributed by atoms with Crippen LogP contribution in [0.25, 0.3) is 0 Å². The molecule has 0 aromatic carbocycles. The second-order valence-corrected chi connectivity index (χ2v) is 3.66. The third-order valence-electron chi connectivity index (χ3n) is 2.18. The SMILES string of the molecule is CCCNc1nc(C)c([N+](=O)[O-])c(NCCO)n1. The molecule has 100 valence electrons. The Labute approximate surface area is 105 Å². The highest BCUT2D eigenvalue weighted by Crippen LogP contribution is 2.26. The van der Waals surface area contributed by atoms with E-state index in [1.54, 1.807) is 6.92 Å². The lowest BCUT2D eigenvalue weighted by molar-refractivity contribution is -0.385. The van der Waals surface area contributed by atoms with Crippen molar-refractivity contribution in [3.8, 4) is 0 Å². The number of aliphatic hydroxyl groups is 1. The van der Waals surface area contributed by atoms with E-state index in [2.05, 4.69) is 20.6 Å². The van der Waals surface area contributed by atoms with Gasteiger partial charge in [-0.25, -0.2) is 4.98 Å². The fourth-order valence-corrected chi connectivity index (χ4v) is 1.40. The fourth-order valence-electron chi connectivity index (χ4n) is 1.40. The maximum atomic E-state index is 10.9. The van der Waals surface area contributed by atoms with Gasteiger partial charge in [0.2, 0.25) is 11.8 Å². The van der Waals surface area contributed by atoms with E-state index < -0.39 is 4.92 Å². The summed E-state index contributed by atoms with van der Waals surface area (Å²) in [5.74, 6) is 0.473. The Morgan fingerprint density at radius 1 is 1.33 bits per heavy atom. The molecule has 0 spiro atoms. The minimum Gasteiger partial charge on any atom is -0.395 e. The van der Waals surface area contributed by atoms with Crippen LogP contribution >= 0.6 is 0 Å². The number of aromatic nitrogens is 2. The van der Waals surface area contributed by atoms with Crippen LogP contribution in [0.3, 0.4) is 0 Å². The zero-order chi connectivity index (χ0) is 13.5. The number of hydrogen-bond acceptors (Lipinski definition) is 7. The van der Waals surface area contributed by atoms with Crippen LogP contribution in [-0.4, -0.2) is 39.7 Å². The van der Waals surface area contributed by atoms with Gasteiger partial charge in [-0.2, -0.15) is 4.98 Å². The van der Waals surface area contributed by atoms with E-state index in [-0.39, 0.29) is 30.4 Å². The zero-order valence-electron chi connectivity index (χ0n) is 10.4. The Balaban J connectivity index is 3.06. The smallest absolute Gasteiger partial charge is 0.332 e. The Kier molecular flexibility index (Phi) is 5.25. The highest BCUT2D eigenvalue weighted by atomic mass is 16.6. The molecule has 0 unspecified atom stereocenters. The number of nitrogens with one attached hydrogen (secondary N) is 2. The van der Waals surface area contributed by atoms with E-state index >= 15 is 0 Å². The van der Waals surface area contributed by atoms with Gasteiger partial charge in [0, 0.05) is 13.1 Å². The molecule has 0 amide bonds. The van der Waals surface area contributed by atoms with Crippen molar-refractivity contribution >= 4 is 17.5 Å². The molecule has 0 radical (unpaired) electrons. The molecule has 1 rings (SSSR count). The molecule has 1 aromatic heterocycles. The number of rotatable bonds is 7. The van der Waals surface area contributed by atoms with Gasteiger partial charge in [-0.05, 0) is 13.3 Å². The van der Waals surface area contributed by atoms with Gasteiger partial charge in [-0.3, -0.25) is 10.1 Å². The summed E-state index contributed by atoms with van der Waals surface area (Å²) in [6.07, 6.45) is 0.902.